The first-order valence-corrected chi connectivity index (χ1v) is 10.8. The summed E-state index contributed by atoms with van der Waals surface area (Å²) in [6.07, 6.45) is 2.77. The largest absolute Gasteiger partial charge is 0.467 e. The Balaban J connectivity index is 2.29. The van der Waals surface area contributed by atoms with Crippen LogP contribution in [0, 0.1) is 0 Å². The first-order valence-electron chi connectivity index (χ1n) is 8.20. The topological polar surface area (TPSA) is 77.4 Å². The highest BCUT2D eigenvalue weighted by molar-refractivity contribution is 7.92. The van der Waals surface area contributed by atoms with Crippen molar-refractivity contribution in [3.63, 3.8) is 0 Å². The van der Waals surface area contributed by atoms with E-state index < -0.39 is 21.5 Å². The molecule has 1 atom stereocenters. The number of carbonyl (C=O) groups is 1. The van der Waals surface area contributed by atoms with Crippen molar-refractivity contribution < 1.29 is 17.9 Å². The molecule has 9 heteroatoms. The molecule has 0 aliphatic carbocycles. The van der Waals surface area contributed by atoms with Crippen molar-refractivity contribution in [1.29, 1.82) is 0 Å². The van der Waals surface area contributed by atoms with Crippen molar-refractivity contribution in [2.75, 3.05) is 18.1 Å². The SMILES string of the molecule is COC(=O)C(C)(c1ccc(Cl)cc1Cl)n1ccc2c(NS(C)(=O)=O)cccc21. The van der Waals surface area contributed by atoms with Crippen LogP contribution in [0.3, 0.4) is 0 Å². The number of nitrogens with zero attached hydrogens (tertiary/aromatic N) is 1. The van der Waals surface area contributed by atoms with Gasteiger partial charge in [0.15, 0.2) is 5.54 Å². The minimum Gasteiger partial charge on any atom is -0.467 e. The average Bonchev–Trinajstić information content (AvgIpc) is 3.05. The smallest absolute Gasteiger partial charge is 0.336 e. The van der Waals surface area contributed by atoms with Crippen LogP contribution in [-0.2, 0) is 25.1 Å². The van der Waals surface area contributed by atoms with Crippen molar-refractivity contribution in [3.8, 4) is 0 Å². The number of rotatable bonds is 5. The van der Waals surface area contributed by atoms with Crippen LogP contribution in [0.4, 0.5) is 5.69 Å². The van der Waals surface area contributed by atoms with Gasteiger partial charge < -0.3 is 9.30 Å². The number of benzene rings is 2. The molecule has 28 heavy (non-hydrogen) atoms. The molecule has 0 spiro atoms. The summed E-state index contributed by atoms with van der Waals surface area (Å²) in [7, 11) is -2.17. The number of fused-ring (bicyclic) bond motifs is 1. The number of halogens is 2. The molecule has 0 saturated carbocycles. The molecule has 0 saturated heterocycles. The van der Waals surface area contributed by atoms with Crippen LogP contribution in [0.1, 0.15) is 12.5 Å². The summed E-state index contributed by atoms with van der Waals surface area (Å²) in [6, 6.07) is 11.7. The highest BCUT2D eigenvalue weighted by atomic mass is 35.5. The third-order valence-electron chi connectivity index (χ3n) is 4.55. The predicted octanol–water partition coefficient (Wildman–Crippen LogP) is 4.26. The Morgan fingerprint density at radius 3 is 2.50 bits per heavy atom. The minimum absolute atomic E-state index is 0.313. The number of esters is 1. The second-order valence-electron chi connectivity index (χ2n) is 6.49. The van der Waals surface area contributed by atoms with E-state index in [2.05, 4.69) is 4.72 Å². The Hall–Kier alpha value is -2.22. The maximum Gasteiger partial charge on any atom is 0.336 e. The van der Waals surface area contributed by atoms with E-state index in [0.29, 0.717) is 32.2 Å². The minimum atomic E-state index is -3.47. The summed E-state index contributed by atoms with van der Waals surface area (Å²) in [6.45, 7) is 1.68. The predicted molar refractivity (Wildman–Crippen MR) is 112 cm³/mol. The molecule has 0 aliphatic rings. The first-order chi connectivity index (χ1) is 13.1. The molecule has 0 aliphatic heterocycles. The highest BCUT2D eigenvalue weighted by Crippen LogP contribution is 2.38. The third kappa shape index (κ3) is 3.57. The molecule has 2 aromatic carbocycles. The maximum absolute atomic E-state index is 12.9. The van der Waals surface area contributed by atoms with Crippen molar-refractivity contribution in [2.24, 2.45) is 0 Å². The summed E-state index contributed by atoms with van der Waals surface area (Å²) in [5.74, 6) is -0.532. The molecule has 1 unspecified atom stereocenters. The lowest BCUT2D eigenvalue weighted by Crippen LogP contribution is -2.41. The molecule has 1 heterocycles. The van der Waals surface area contributed by atoms with Gasteiger partial charge in [0.05, 0.1) is 24.6 Å². The standard InChI is InChI=1S/C19H18Cl2N2O4S/c1-19(18(24)27-2,14-8-7-12(20)11-15(14)21)23-10-9-13-16(22-28(3,25)26)5-4-6-17(13)23/h4-11,22H,1-3H3. The van der Waals surface area contributed by atoms with Gasteiger partial charge in [-0.3, -0.25) is 4.72 Å². The van der Waals surface area contributed by atoms with Gasteiger partial charge in [0.25, 0.3) is 0 Å². The number of aromatic nitrogens is 1. The Labute approximate surface area is 173 Å². The molecule has 1 aromatic heterocycles. The first kappa shape index (κ1) is 20.5. The van der Waals surface area contributed by atoms with Crippen LogP contribution in [0.5, 0.6) is 0 Å². The second-order valence-corrected chi connectivity index (χ2v) is 9.08. The normalized spacial score (nSPS) is 13.9. The summed E-state index contributed by atoms with van der Waals surface area (Å²) in [4.78, 5) is 12.9. The Bertz CT molecular complexity index is 1170. The number of sulfonamides is 1. The lowest BCUT2D eigenvalue weighted by atomic mass is 9.91. The molecular weight excluding hydrogens is 423 g/mol. The zero-order valence-electron chi connectivity index (χ0n) is 15.4. The van der Waals surface area contributed by atoms with Crippen molar-refractivity contribution in [1.82, 2.24) is 4.57 Å². The van der Waals surface area contributed by atoms with Gasteiger partial charge in [-0.25, -0.2) is 13.2 Å². The van der Waals surface area contributed by atoms with E-state index in [9.17, 15) is 13.2 Å². The molecule has 1 N–H and O–H groups in total. The summed E-state index contributed by atoms with van der Waals surface area (Å²) >= 11 is 12.4. The quantitative estimate of drug-likeness (QED) is 0.601. The monoisotopic (exact) mass is 440 g/mol. The number of nitrogens with one attached hydrogen (secondary N) is 1. The van der Waals surface area contributed by atoms with E-state index in [1.807, 2.05) is 0 Å². The fraction of sp³-hybridized carbons (Fsp3) is 0.211. The lowest BCUT2D eigenvalue weighted by molar-refractivity contribution is -0.148. The van der Waals surface area contributed by atoms with Crippen LogP contribution in [0.15, 0.2) is 48.7 Å². The third-order valence-corrected chi connectivity index (χ3v) is 5.69. The van der Waals surface area contributed by atoms with Crippen LogP contribution in [-0.4, -0.2) is 32.3 Å². The molecule has 6 nitrogen and oxygen atoms in total. The van der Waals surface area contributed by atoms with E-state index in [1.165, 1.54) is 7.11 Å². The van der Waals surface area contributed by atoms with E-state index in [-0.39, 0.29) is 0 Å². The zero-order valence-corrected chi connectivity index (χ0v) is 17.7. The van der Waals surface area contributed by atoms with Gasteiger partial charge in [-0.1, -0.05) is 35.3 Å². The molecule has 148 valence electrons. The number of ether oxygens (including phenoxy) is 1. The van der Waals surface area contributed by atoms with Gasteiger partial charge >= 0.3 is 5.97 Å². The van der Waals surface area contributed by atoms with E-state index in [1.54, 1.807) is 60.2 Å². The number of anilines is 1. The maximum atomic E-state index is 12.9. The Morgan fingerprint density at radius 1 is 1.18 bits per heavy atom. The molecule has 0 bridgehead atoms. The number of methoxy groups -OCH3 is 1. The average molecular weight is 441 g/mol. The van der Waals surface area contributed by atoms with Crippen LogP contribution < -0.4 is 4.72 Å². The van der Waals surface area contributed by atoms with E-state index in [4.69, 9.17) is 27.9 Å². The molecule has 3 aromatic rings. The number of hydrogen-bond acceptors (Lipinski definition) is 4. The molecule has 0 radical (unpaired) electrons. The molecule has 0 fully saturated rings. The van der Waals surface area contributed by atoms with Crippen molar-refractivity contribution in [3.05, 3.63) is 64.3 Å². The fourth-order valence-electron chi connectivity index (χ4n) is 3.27. The summed E-state index contributed by atoms with van der Waals surface area (Å²) in [5.41, 5.74) is 0.243. The van der Waals surface area contributed by atoms with Gasteiger partial charge in [0.2, 0.25) is 10.0 Å². The van der Waals surface area contributed by atoms with Crippen molar-refractivity contribution in [2.45, 2.75) is 12.5 Å². The van der Waals surface area contributed by atoms with Crippen LogP contribution in [0.25, 0.3) is 10.9 Å². The molecule has 0 amide bonds. The van der Waals surface area contributed by atoms with Gasteiger partial charge in [-0.05, 0) is 37.3 Å². The van der Waals surface area contributed by atoms with Gasteiger partial charge in [0.1, 0.15) is 0 Å². The zero-order chi connectivity index (χ0) is 20.7. The van der Waals surface area contributed by atoms with Crippen molar-refractivity contribution >= 4 is 55.8 Å². The molecule has 3 rings (SSSR count). The second kappa shape index (κ2) is 7.31. The number of hydrogen-bond donors (Lipinski definition) is 1. The van der Waals surface area contributed by atoms with Gasteiger partial charge in [-0.15, -0.1) is 0 Å². The summed E-state index contributed by atoms with van der Waals surface area (Å²) < 4.78 is 32.6. The lowest BCUT2D eigenvalue weighted by Gasteiger charge is -2.31. The Morgan fingerprint density at radius 2 is 1.89 bits per heavy atom. The highest BCUT2D eigenvalue weighted by Gasteiger charge is 2.41. The number of carbonyl (C=O) groups excluding carboxylic acids is 1. The van der Waals surface area contributed by atoms with Crippen LogP contribution >= 0.6 is 23.2 Å². The fourth-order valence-corrected chi connectivity index (χ4v) is 4.44. The van der Waals surface area contributed by atoms with Gasteiger partial charge in [0, 0.05) is 27.2 Å². The van der Waals surface area contributed by atoms with E-state index >= 15 is 0 Å². The molecular formula is C19H18Cl2N2O4S. The Kier molecular flexibility index (Phi) is 5.36. The summed E-state index contributed by atoms with van der Waals surface area (Å²) in [5, 5.41) is 1.39. The van der Waals surface area contributed by atoms with Gasteiger partial charge in [-0.2, -0.15) is 0 Å². The van der Waals surface area contributed by atoms with Crippen LogP contribution in [0.2, 0.25) is 10.0 Å². The van der Waals surface area contributed by atoms with E-state index in [0.717, 1.165) is 6.26 Å².